The van der Waals surface area contributed by atoms with Gasteiger partial charge < -0.3 is 4.40 Å². The highest BCUT2D eigenvalue weighted by atomic mass is 35.5. The Labute approximate surface area is 106 Å². The van der Waals surface area contributed by atoms with Gasteiger partial charge >= 0.3 is 0 Å². The molecule has 0 amide bonds. The van der Waals surface area contributed by atoms with E-state index in [9.17, 15) is 0 Å². The van der Waals surface area contributed by atoms with Gasteiger partial charge in [-0.3, -0.25) is 5.32 Å². The van der Waals surface area contributed by atoms with E-state index in [1.165, 1.54) is 0 Å². The van der Waals surface area contributed by atoms with E-state index in [0.717, 1.165) is 11.3 Å². The van der Waals surface area contributed by atoms with Crippen molar-refractivity contribution >= 4 is 17.2 Å². The molecule has 0 fully saturated rings. The average molecular weight is 248 g/mol. The molecule has 0 spiro atoms. The van der Waals surface area contributed by atoms with E-state index in [4.69, 9.17) is 18.0 Å². The minimum Gasteiger partial charge on any atom is -0.305 e. The summed E-state index contributed by atoms with van der Waals surface area (Å²) in [5.41, 5.74) is 1.49. The summed E-state index contributed by atoms with van der Waals surface area (Å²) in [5, 5.41) is 3.95. The second-order valence-corrected chi connectivity index (χ2v) is 4.90. The lowest BCUT2D eigenvalue weighted by atomic mass is 10.1. The maximum absolute atomic E-state index is 5.91. The Bertz CT molecular complexity index is 578. The summed E-state index contributed by atoms with van der Waals surface area (Å²) in [5.74, 6) is 2.69. The Morgan fingerprint density at radius 2 is 2.24 bits per heavy atom. The van der Waals surface area contributed by atoms with Crippen molar-refractivity contribution in [3.8, 4) is 12.3 Å². The third kappa shape index (κ3) is 2.79. The maximum Gasteiger partial charge on any atom is 0.137 e. The van der Waals surface area contributed by atoms with Crippen molar-refractivity contribution in [2.45, 2.75) is 25.9 Å². The minimum atomic E-state index is -0.326. The first kappa shape index (κ1) is 12.0. The molecule has 4 heteroatoms. The fourth-order valence-electron chi connectivity index (χ4n) is 1.46. The molecule has 3 nitrogen and oxygen atoms in total. The van der Waals surface area contributed by atoms with Crippen molar-refractivity contribution in [1.82, 2.24) is 14.7 Å². The van der Waals surface area contributed by atoms with Crippen LogP contribution in [0.1, 0.15) is 19.5 Å². The smallest absolute Gasteiger partial charge is 0.137 e. The summed E-state index contributed by atoms with van der Waals surface area (Å²) in [6.45, 7) is 4.55. The molecule has 0 aromatic carbocycles. The van der Waals surface area contributed by atoms with Crippen LogP contribution in [0.15, 0.2) is 24.5 Å². The predicted octanol–water partition coefficient (Wildman–Crippen LogP) is 2.49. The van der Waals surface area contributed by atoms with E-state index in [1.807, 2.05) is 42.8 Å². The van der Waals surface area contributed by atoms with Gasteiger partial charge in [0.1, 0.15) is 5.65 Å². The number of terminal acetylenes is 1. The third-order valence-corrected chi connectivity index (χ3v) is 2.76. The lowest BCUT2D eigenvalue weighted by molar-refractivity contribution is 0.487. The summed E-state index contributed by atoms with van der Waals surface area (Å²) in [7, 11) is 0. The number of fused-ring (bicyclic) bond motifs is 1. The van der Waals surface area contributed by atoms with Gasteiger partial charge in [-0.15, -0.1) is 6.42 Å². The average Bonchev–Trinajstić information content (AvgIpc) is 2.68. The third-order valence-electron chi connectivity index (χ3n) is 2.54. The van der Waals surface area contributed by atoms with E-state index in [2.05, 4.69) is 16.2 Å². The second kappa shape index (κ2) is 4.40. The van der Waals surface area contributed by atoms with E-state index in [0.29, 0.717) is 11.6 Å². The first-order valence-electron chi connectivity index (χ1n) is 5.36. The van der Waals surface area contributed by atoms with E-state index in [-0.39, 0.29) is 5.54 Å². The van der Waals surface area contributed by atoms with Crippen molar-refractivity contribution in [2.24, 2.45) is 0 Å². The van der Waals surface area contributed by atoms with Crippen LogP contribution in [0.3, 0.4) is 0 Å². The molecule has 2 aromatic heterocycles. The highest BCUT2D eigenvalue weighted by Crippen LogP contribution is 2.12. The van der Waals surface area contributed by atoms with Crippen LogP contribution < -0.4 is 5.32 Å². The Morgan fingerprint density at radius 3 is 2.94 bits per heavy atom. The summed E-state index contributed by atoms with van der Waals surface area (Å²) >= 11 is 5.91. The largest absolute Gasteiger partial charge is 0.305 e. The molecule has 2 rings (SSSR count). The summed E-state index contributed by atoms with van der Waals surface area (Å²) in [6, 6.07) is 3.71. The molecular weight excluding hydrogens is 234 g/mol. The van der Waals surface area contributed by atoms with Crippen molar-refractivity contribution in [2.75, 3.05) is 0 Å². The van der Waals surface area contributed by atoms with Crippen LogP contribution in [0.4, 0.5) is 0 Å². The molecule has 17 heavy (non-hydrogen) atoms. The molecule has 0 atom stereocenters. The molecule has 2 heterocycles. The van der Waals surface area contributed by atoms with E-state index in [1.54, 1.807) is 0 Å². The number of rotatable bonds is 3. The number of hydrogen-bond donors (Lipinski definition) is 1. The molecule has 0 unspecified atom stereocenters. The zero-order valence-electron chi connectivity index (χ0n) is 9.87. The summed E-state index contributed by atoms with van der Waals surface area (Å²) in [6.07, 6.45) is 9.19. The summed E-state index contributed by atoms with van der Waals surface area (Å²) < 4.78 is 1.90. The minimum absolute atomic E-state index is 0.326. The summed E-state index contributed by atoms with van der Waals surface area (Å²) in [4.78, 5) is 4.46. The maximum atomic E-state index is 5.91. The fourth-order valence-corrected chi connectivity index (χ4v) is 1.63. The standard InChI is InChI=1S/C13H14ClN3/c1-4-13(2,3)15-7-11-9-17-8-10(14)5-6-12(17)16-11/h1,5-6,8-9,15H,7H2,2-3H3. The van der Waals surface area contributed by atoms with Gasteiger partial charge in [0.2, 0.25) is 0 Å². The van der Waals surface area contributed by atoms with Gasteiger partial charge in [-0.1, -0.05) is 17.5 Å². The quantitative estimate of drug-likeness (QED) is 0.845. The molecule has 0 aliphatic carbocycles. The van der Waals surface area contributed by atoms with Crippen LogP contribution in [0.5, 0.6) is 0 Å². The molecule has 1 N–H and O–H groups in total. The zero-order chi connectivity index (χ0) is 12.5. The first-order chi connectivity index (χ1) is 8.00. The number of hydrogen-bond acceptors (Lipinski definition) is 2. The van der Waals surface area contributed by atoms with Crippen LogP contribution in [-0.4, -0.2) is 14.9 Å². The van der Waals surface area contributed by atoms with Crippen LogP contribution in [0, 0.1) is 12.3 Å². The lowest BCUT2D eigenvalue weighted by Crippen LogP contribution is -2.36. The monoisotopic (exact) mass is 247 g/mol. The predicted molar refractivity (Wildman–Crippen MR) is 70.0 cm³/mol. The fraction of sp³-hybridized carbons (Fsp3) is 0.308. The molecular formula is C13H14ClN3. The van der Waals surface area contributed by atoms with Crippen molar-refractivity contribution in [3.05, 3.63) is 35.2 Å². The number of aromatic nitrogens is 2. The molecule has 0 radical (unpaired) electrons. The second-order valence-electron chi connectivity index (χ2n) is 4.47. The Balaban J connectivity index is 2.18. The molecule has 0 saturated heterocycles. The Morgan fingerprint density at radius 1 is 1.47 bits per heavy atom. The highest BCUT2D eigenvalue weighted by molar-refractivity contribution is 6.30. The highest BCUT2D eigenvalue weighted by Gasteiger charge is 2.13. The van der Waals surface area contributed by atoms with Gasteiger partial charge in [0.15, 0.2) is 0 Å². The molecule has 88 valence electrons. The van der Waals surface area contributed by atoms with Crippen LogP contribution in [0.25, 0.3) is 5.65 Å². The first-order valence-corrected chi connectivity index (χ1v) is 5.74. The van der Waals surface area contributed by atoms with Gasteiger partial charge in [0.05, 0.1) is 16.3 Å². The molecule has 2 aromatic rings. The molecule has 0 aliphatic heterocycles. The van der Waals surface area contributed by atoms with E-state index < -0.39 is 0 Å². The van der Waals surface area contributed by atoms with Crippen molar-refractivity contribution in [1.29, 1.82) is 0 Å². The normalized spacial score (nSPS) is 11.6. The molecule has 0 aliphatic rings. The van der Waals surface area contributed by atoms with Crippen LogP contribution in [-0.2, 0) is 6.54 Å². The molecule has 0 saturated carbocycles. The van der Waals surface area contributed by atoms with Gasteiger partial charge in [-0.2, -0.15) is 0 Å². The topological polar surface area (TPSA) is 29.3 Å². The zero-order valence-corrected chi connectivity index (χ0v) is 10.6. The Hall–Kier alpha value is -1.50. The number of halogens is 1. The van der Waals surface area contributed by atoms with Crippen molar-refractivity contribution in [3.63, 3.8) is 0 Å². The number of imidazole rings is 1. The van der Waals surface area contributed by atoms with Crippen LogP contribution >= 0.6 is 11.6 Å². The number of nitrogens with zero attached hydrogens (tertiary/aromatic N) is 2. The van der Waals surface area contributed by atoms with Gasteiger partial charge in [0, 0.05) is 18.9 Å². The van der Waals surface area contributed by atoms with E-state index >= 15 is 0 Å². The lowest BCUT2D eigenvalue weighted by Gasteiger charge is -2.18. The Kier molecular flexibility index (Phi) is 3.10. The van der Waals surface area contributed by atoms with Gasteiger partial charge in [0.25, 0.3) is 0 Å². The SMILES string of the molecule is C#CC(C)(C)NCc1cn2cc(Cl)ccc2n1. The number of nitrogens with one attached hydrogen (secondary N) is 1. The van der Waals surface area contributed by atoms with Gasteiger partial charge in [-0.05, 0) is 26.0 Å². The van der Waals surface area contributed by atoms with Gasteiger partial charge in [-0.25, -0.2) is 4.98 Å². The van der Waals surface area contributed by atoms with Crippen molar-refractivity contribution < 1.29 is 0 Å². The molecule has 0 bridgehead atoms. The number of pyridine rings is 1. The van der Waals surface area contributed by atoms with Crippen LogP contribution in [0.2, 0.25) is 5.02 Å².